The zero-order chi connectivity index (χ0) is 11.6. The Morgan fingerprint density at radius 3 is 2.00 bits per heavy atom. The van der Waals surface area contributed by atoms with Crippen LogP contribution in [0, 0.1) is 0 Å². The fraction of sp³-hybridized carbons (Fsp3) is 1.00. The lowest BCUT2D eigenvalue weighted by atomic mass is 10.1. The van der Waals surface area contributed by atoms with Gasteiger partial charge in [-0.1, -0.05) is 55.0 Å². The maximum atomic E-state index is 3.48. The van der Waals surface area contributed by atoms with E-state index in [1.54, 1.807) is 0 Å². The molecule has 1 nitrogen and oxygen atoms in total. The molecule has 1 rings (SSSR count). The molecule has 0 aliphatic heterocycles. The molecule has 1 fully saturated rings. The zero-order valence-corrected chi connectivity index (χ0v) is 12.5. The first kappa shape index (κ1) is 14.5. The van der Waals surface area contributed by atoms with E-state index >= 15 is 0 Å². The van der Waals surface area contributed by atoms with Crippen LogP contribution in [0.1, 0.15) is 64.7 Å². The number of rotatable bonds is 11. The highest BCUT2D eigenvalue weighted by Crippen LogP contribution is 2.26. The van der Waals surface area contributed by atoms with Gasteiger partial charge in [0.2, 0.25) is 0 Å². The molecule has 0 aromatic carbocycles. The summed E-state index contributed by atoms with van der Waals surface area (Å²) in [6, 6.07) is 0.962. The topological polar surface area (TPSA) is 3.24 Å². The van der Waals surface area contributed by atoms with Crippen molar-refractivity contribution in [1.82, 2.24) is 4.90 Å². The van der Waals surface area contributed by atoms with E-state index in [0.29, 0.717) is 0 Å². The Kier molecular flexibility index (Phi) is 8.58. The van der Waals surface area contributed by atoms with E-state index in [9.17, 15) is 0 Å². The van der Waals surface area contributed by atoms with Gasteiger partial charge in [0, 0.05) is 11.4 Å². The summed E-state index contributed by atoms with van der Waals surface area (Å²) in [6.45, 7) is 4.91. The third kappa shape index (κ3) is 6.90. The van der Waals surface area contributed by atoms with Gasteiger partial charge in [0.1, 0.15) is 0 Å². The van der Waals surface area contributed by atoms with E-state index in [1.807, 2.05) is 0 Å². The minimum atomic E-state index is 0.962. The van der Waals surface area contributed by atoms with Crippen molar-refractivity contribution in [3.05, 3.63) is 0 Å². The van der Waals surface area contributed by atoms with Crippen LogP contribution in [0.4, 0.5) is 0 Å². The van der Waals surface area contributed by atoms with Gasteiger partial charge >= 0.3 is 0 Å². The maximum Gasteiger partial charge on any atom is 0.00963 e. The first-order valence-electron chi connectivity index (χ1n) is 7.18. The van der Waals surface area contributed by atoms with Crippen LogP contribution in [0.25, 0.3) is 0 Å². The number of hydrogen-bond donors (Lipinski definition) is 0. The average Bonchev–Trinajstić information content (AvgIpc) is 3.11. The smallest absolute Gasteiger partial charge is 0.00963 e. The van der Waals surface area contributed by atoms with E-state index < -0.39 is 0 Å². The largest absolute Gasteiger partial charge is 0.301 e. The summed E-state index contributed by atoms with van der Waals surface area (Å²) in [7, 11) is 0. The minimum absolute atomic E-state index is 0.962. The van der Waals surface area contributed by atoms with Gasteiger partial charge in [-0.3, -0.25) is 0 Å². The van der Waals surface area contributed by atoms with Crippen molar-refractivity contribution < 1.29 is 0 Å². The predicted octanol–water partition coefficient (Wildman–Crippen LogP) is 4.60. The summed E-state index contributed by atoms with van der Waals surface area (Å²) in [5, 5.41) is 1.18. The molecule has 0 spiro atoms. The van der Waals surface area contributed by atoms with Crippen LogP contribution >= 0.6 is 15.9 Å². The SMILES string of the molecule is CCN(CCCCCCCCCBr)C1CC1. The molecule has 0 amide bonds. The molecule has 1 aliphatic rings. The van der Waals surface area contributed by atoms with Crippen molar-refractivity contribution in [2.24, 2.45) is 0 Å². The van der Waals surface area contributed by atoms with E-state index in [0.717, 1.165) is 6.04 Å². The molecule has 0 N–H and O–H groups in total. The highest BCUT2D eigenvalue weighted by molar-refractivity contribution is 9.09. The van der Waals surface area contributed by atoms with Gasteiger partial charge in [-0.15, -0.1) is 0 Å². The third-order valence-corrected chi connectivity index (χ3v) is 4.11. The summed E-state index contributed by atoms with van der Waals surface area (Å²) >= 11 is 3.48. The first-order valence-corrected chi connectivity index (χ1v) is 8.30. The predicted molar refractivity (Wildman–Crippen MR) is 76.4 cm³/mol. The molecule has 0 heterocycles. The third-order valence-electron chi connectivity index (χ3n) is 3.55. The monoisotopic (exact) mass is 289 g/mol. The molecule has 0 unspecified atom stereocenters. The molecule has 2 heteroatoms. The van der Waals surface area contributed by atoms with Gasteiger partial charge in [0.25, 0.3) is 0 Å². The number of nitrogens with zero attached hydrogens (tertiary/aromatic N) is 1. The van der Waals surface area contributed by atoms with E-state index in [2.05, 4.69) is 27.8 Å². The molecule has 1 aliphatic carbocycles. The Bertz CT molecular complexity index is 157. The van der Waals surface area contributed by atoms with Crippen LogP contribution in [-0.2, 0) is 0 Å². The number of hydrogen-bond acceptors (Lipinski definition) is 1. The second-order valence-electron chi connectivity index (χ2n) is 5.02. The second-order valence-corrected chi connectivity index (χ2v) is 5.82. The van der Waals surface area contributed by atoms with Crippen molar-refractivity contribution >= 4 is 15.9 Å². The van der Waals surface area contributed by atoms with Crippen molar-refractivity contribution in [2.75, 3.05) is 18.4 Å². The normalized spacial score (nSPS) is 15.9. The minimum Gasteiger partial charge on any atom is -0.301 e. The van der Waals surface area contributed by atoms with Gasteiger partial charge in [-0.05, 0) is 38.8 Å². The molecular formula is C14H28BrN. The van der Waals surface area contributed by atoms with Gasteiger partial charge in [0.15, 0.2) is 0 Å². The van der Waals surface area contributed by atoms with E-state index in [4.69, 9.17) is 0 Å². The lowest BCUT2D eigenvalue weighted by Gasteiger charge is -2.19. The highest BCUT2D eigenvalue weighted by atomic mass is 79.9. The summed E-state index contributed by atoms with van der Waals surface area (Å²) < 4.78 is 0. The van der Waals surface area contributed by atoms with Gasteiger partial charge < -0.3 is 4.90 Å². The molecule has 96 valence electrons. The van der Waals surface area contributed by atoms with Crippen LogP contribution < -0.4 is 0 Å². The van der Waals surface area contributed by atoms with E-state index in [-0.39, 0.29) is 0 Å². The second kappa shape index (κ2) is 9.47. The lowest BCUT2D eigenvalue weighted by Crippen LogP contribution is -2.26. The summed E-state index contributed by atoms with van der Waals surface area (Å²) in [5.74, 6) is 0. The van der Waals surface area contributed by atoms with Crippen LogP contribution in [0.5, 0.6) is 0 Å². The number of halogens is 1. The Morgan fingerprint density at radius 2 is 1.50 bits per heavy atom. The van der Waals surface area contributed by atoms with Crippen molar-refractivity contribution in [3.8, 4) is 0 Å². The summed E-state index contributed by atoms with van der Waals surface area (Å²) in [5.41, 5.74) is 0. The van der Waals surface area contributed by atoms with Crippen molar-refractivity contribution in [1.29, 1.82) is 0 Å². The van der Waals surface area contributed by atoms with Crippen LogP contribution in [0.15, 0.2) is 0 Å². The lowest BCUT2D eigenvalue weighted by molar-refractivity contribution is 0.270. The summed E-state index contributed by atoms with van der Waals surface area (Å²) in [6.07, 6.45) is 12.9. The molecular weight excluding hydrogens is 262 g/mol. The molecule has 0 radical (unpaired) electrons. The van der Waals surface area contributed by atoms with Crippen molar-refractivity contribution in [2.45, 2.75) is 70.8 Å². The Balaban J connectivity index is 1.80. The summed E-state index contributed by atoms with van der Waals surface area (Å²) in [4.78, 5) is 2.67. The molecule has 0 saturated heterocycles. The van der Waals surface area contributed by atoms with Crippen molar-refractivity contribution in [3.63, 3.8) is 0 Å². The zero-order valence-electron chi connectivity index (χ0n) is 10.9. The quantitative estimate of drug-likeness (QED) is 0.397. The van der Waals surface area contributed by atoms with Gasteiger partial charge in [-0.2, -0.15) is 0 Å². The average molecular weight is 290 g/mol. The van der Waals surface area contributed by atoms with E-state index in [1.165, 1.54) is 76.2 Å². The number of alkyl halides is 1. The molecule has 0 aromatic rings. The Hall–Kier alpha value is 0.440. The molecule has 16 heavy (non-hydrogen) atoms. The highest BCUT2D eigenvalue weighted by Gasteiger charge is 2.26. The standard InChI is InChI=1S/C14H28BrN/c1-2-16(14-10-11-14)13-9-7-5-3-4-6-8-12-15/h14H,2-13H2,1H3. The number of unbranched alkanes of at least 4 members (excludes halogenated alkanes) is 6. The van der Waals surface area contributed by atoms with Crippen LogP contribution in [0.3, 0.4) is 0 Å². The van der Waals surface area contributed by atoms with Crippen LogP contribution in [-0.4, -0.2) is 29.4 Å². The molecule has 0 bridgehead atoms. The van der Waals surface area contributed by atoms with Gasteiger partial charge in [0.05, 0.1) is 0 Å². The Labute approximate surface area is 110 Å². The fourth-order valence-electron chi connectivity index (χ4n) is 2.33. The van der Waals surface area contributed by atoms with Crippen LogP contribution in [0.2, 0.25) is 0 Å². The molecule has 0 atom stereocenters. The molecule has 1 saturated carbocycles. The van der Waals surface area contributed by atoms with Gasteiger partial charge in [-0.25, -0.2) is 0 Å². The maximum absolute atomic E-state index is 3.48. The Morgan fingerprint density at radius 1 is 0.938 bits per heavy atom. The molecule has 0 aromatic heterocycles. The fourth-order valence-corrected chi connectivity index (χ4v) is 2.73. The first-order chi connectivity index (χ1) is 7.88.